The third-order valence-corrected chi connectivity index (χ3v) is 2.76. The number of carbonyl (C=O) groups is 1. The van der Waals surface area contributed by atoms with Crippen LogP contribution in [0.25, 0.3) is 11.1 Å². The van der Waals surface area contributed by atoms with Crippen LogP contribution in [-0.4, -0.2) is 18.0 Å². The molecule has 6 heteroatoms. The van der Waals surface area contributed by atoms with E-state index in [0.717, 1.165) is 13.2 Å². The number of rotatable bonds is 3. The molecule has 0 aromatic heterocycles. The maximum Gasteiger partial charge on any atom is 0.345 e. The Hall–Kier alpha value is -2.76. The van der Waals surface area contributed by atoms with Crippen molar-refractivity contribution in [1.82, 2.24) is 0 Å². The van der Waals surface area contributed by atoms with Crippen molar-refractivity contribution in [3.63, 3.8) is 0 Å². The molecule has 0 N–H and O–H groups in total. The summed E-state index contributed by atoms with van der Waals surface area (Å²) in [5.74, 6) is -2.02. The van der Waals surface area contributed by atoms with E-state index in [2.05, 4.69) is 4.74 Å². The van der Waals surface area contributed by atoms with Crippen LogP contribution < -0.4 is 0 Å². The Kier molecular flexibility index (Phi) is 3.74. The minimum absolute atomic E-state index is 0.370. The molecule has 0 saturated heterocycles. The lowest BCUT2D eigenvalue weighted by molar-refractivity contribution is -0.387. The molecule has 0 spiro atoms. The van der Waals surface area contributed by atoms with Gasteiger partial charge in [-0.1, -0.05) is 30.3 Å². The molecule has 2 aromatic carbocycles. The zero-order valence-electron chi connectivity index (χ0n) is 10.5. The highest BCUT2D eigenvalue weighted by molar-refractivity contribution is 5.95. The Morgan fingerprint density at radius 3 is 2.40 bits per heavy atom. The smallest absolute Gasteiger partial charge is 0.345 e. The van der Waals surface area contributed by atoms with Crippen LogP contribution in [0.3, 0.4) is 0 Å². The Balaban J connectivity index is 2.67. The summed E-state index contributed by atoms with van der Waals surface area (Å²) in [4.78, 5) is 21.5. The number of hydrogen-bond acceptors (Lipinski definition) is 4. The van der Waals surface area contributed by atoms with Gasteiger partial charge in [-0.15, -0.1) is 0 Å². The van der Waals surface area contributed by atoms with Gasteiger partial charge < -0.3 is 4.74 Å². The predicted octanol–water partition coefficient (Wildman–Crippen LogP) is 3.19. The molecule has 2 aromatic rings. The number of hydrogen-bond donors (Lipinski definition) is 0. The number of halogens is 1. The van der Waals surface area contributed by atoms with Crippen molar-refractivity contribution in [2.24, 2.45) is 0 Å². The van der Waals surface area contributed by atoms with Crippen molar-refractivity contribution >= 4 is 11.7 Å². The van der Waals surface area contributed by atoms with Gasteiger partial charge in [0.1, 0.15) is 5.56 Å². The first-order chi connectivity index (χ1) is 9.54. The van der Waals surface area contributed by atoms with E-state index in [-0.39, 0.29) is 0 Å². The number of esters is 1. The quantitative estimate of drug-likeness (QED) is 0.490. The zero-order chi connectivity index (χ0) is 14.7. The highest BCUT2D eigenvalue weighted by atomic mass is 19.1. The minimum atomic E-state index is -1.07. The first kappa shape index (κ1) is 13.7. The van der Waals surface area contributed by atoms with E-state index in [0.29, 0.717) is 11.1 Å². The van der Waals surface area contributed by atoms with Gasteiger partial charge in [-0.25, -0.2) is 4.79 Å². The standard InChI is InChI=1S/C14H10FNO4/c1-20-14(17)11-7-10(9-5-3-2-4-6-9)8-12(15)13(11)16(18)19/h2-8H,1H3. The summed E-state index contributed by atoms with van der Waals surface area (Å²) in [5.41, 5.74) is -0.270. The fourth-order valence-corrected chi connectivity index (χ4v) is 1.85. The fraction of sp³-hybridized carbons (Fsp3) is 0.0714. The van der Waals surface area contributed by atoms with Crippen LogP contribution in [0.5, 0.6) is 0 Å². The Morgan fingerprint density at radius 1 is 1.20 bits per heavy atom. The van der Waals surface area contributed by atoms with Crippen LogP contribution in [0.4, 0.5) is 10.1 Å². The Morgan fingerprint density at radius 2 is 1.85 bits per heavy atom. The summed E-state index contributed by atoms with van der Waals surface area (Å²) in [6, 6.07) is 11.0. The summed E-state index contributed by atoms with van der Waals surface area (Å²) in [6.07, 6.45) is 0. The molecule has 0 bridgehead atoms. The van der Waals surface area contributed by atoms with Crippen molar-refractivity contribution in [2.75, 3.05) is 7.11 Å². The number of methoxy groups -OCH3 is 1. The molecule has 0 fully saturated rings. The number of nitro groups is 1. The second-order valence-electron chi connectivity index (χ2n) is 3.97. The second-order valence-corrected chi connectivity index (χ2v) is 3.97. The van der Waals surface area contributed by atoms with Gasteiger partial charge in [0.05, 0.1) is 12.0 Å². The van der Waals surface area contributed by atoms with Crippen molar-refractivity contribution in [2.45, 2.75) is 0 Å². The van der Waals surface area contributed by atoms with E-state index in [1.807, 2.05) is 0 Å². The average Bonchev–Trinajstić information content (AvgIpc) is 2.46. The summed E-state index contributed by atoms with van der Waals surface area (Å²) in [7, 11) is 1.08. The maximum atomic E-state index is 13.9. The van der Waals surface area contributed by atoms with Gasteiger partial charge in [-0.3, -0.25) is 10.1 Å². The lowest BCUT2D eigenvalue weighted by Crippen LogP contribution is -2.08. The third kappa shape index (κ3) is 2.49. The normalized spacial score (nSPS) is 10.1. The first-order valence-corrected chi connectivity index (χ1v) is 5.66. The Labute approximate surface area is 113 Å². The largest absolute Gasteiger partial charge is 0.465 e. The fourth-order valence-electron chi connectivity index (χ4n) is 1.85. The minimum Gasteiger partial charge on any atom is -0.465 e. The maximum absolute atomic E-state index is 13.9. The molecule has 0 unspecified atom stereocenters. The van der Waals surface area contributed by atoms with Crippen LogP contribution in [0.2, 0.25) is 0 Å². The summed E-state index contributed by atoms with van der Waals surface area (Å²) in [5, 5.41) is 10.9. The van der Waals surface area contributed by atoms with Crippen LogP contribution in [0.1, 0.15) is 10.4 Å². The molecule has 102 valence electrons. The molecular formula is C14H10FNO4. The van der Waals surface area contributed by atoms with E-state index < -0.39 is 28.0 Å². The van der Waals surface area contributed by atoms with Crippen molar-refractivity contribution in [1.29, 1.82) is 0 Å². The van der Waals surface area contributed by atoms with Gasteiger partial charge in [0.2, 0.25) is 5.82 Å². The highest BCUT2D eigenvalue weighted by Crippen LogP contribution is 2.30. The van der Waals surface area contributed by atoms with E-state index in [4.69, 9.17) is 0 Å². The molecule has 0 aliphatic carbocycles. The van der Waals surface area contributed by atoms with Crippen LogP contribution >= 0.6 is 0 Å². The summed E-state index contributed by atoms with van der Waals surface area (Å²) in [6.45, 7) is 0. The molecule has 0 heterocycles. The number of ether oxygens (including phenoxy) is 1. The van der Waals surface area contributed by atoms with Crippen LogP contribution in [0.15, 0.2) is 42.5 Å². The molecule has 0 saturated carbocycles. The van der Waals surface area contributed by atoms with E-state index in [1.165, 1.54) is 6.07 Å². The van der Waals surface area contributed by atoms with Crippen molar-refractivity contribution in [3.05, 3.63) is 64.0 Å². The number of carbonyl (C=O) groups excluding carboxylic acids is 1. The topological polar surface area (TPSA) is 69.4 Å². The zero-order valence-corrected chi connectivity index (χ0v) is 10.5. The Bertz CT molecular complexity index is 670. The molecule has 0 aliphatic rings. The molecule has 20 heavy (non-hydrogen) atoms. The van der Waals surface area contributed by atoms with E-state index in [9.17, 15) is 19.3 Å². The predicted molar refractivity (Wildman–Crippen MR) is 69.8 cm³/mol. The van der Waals surface area contributed by atoms with Gasteiger partial charge in [-0.05, 0) is 23.3 Å². The SMILES string of the molecule is COC(=O)c1cc(-c2ccccc2)cc(F)c1[N+](=O)[O-]. The van der Waals surface area contributed by atoms with Crippen molar-refractivity contribution in [3.8, 4) is 11.1 Å². The van der Waals surface area contributed by atoms with Gasteiger partial charge in [-0.2, -0.15) is 4.39 Å². The molecule has 5 nitrogen and oxygen atoms in total. The van der Waals surface area contributed by atoms with E-state index >= 15 is 0 Å². The lowest BCUT2D eigenvalue weighted by Gasteiger charge is -2.06. The van der Waals surface area contributed by atoms with E-state index in [1.54, 1.807) is 30.3 Å². The monoisotopic (exact) mass is 275 g/mol. The molecule has 0 aliphatic heterocycles. The molecule has 0 atom stereocenters. The number of benzene rings is 2. The average molecular weight is 275 g/mol. The van der Waals surface area contributed by atoms with Crippen LogP contribution in [0, 0.1) is 15.9 Å². The second kappa shape index (κ2) is 5.48. The van der Waals surface area contributed by atoms with Crippen LogP contribution in [-0.2, 0) is 4.74 Å². The van der Waals surface area contributed by atoms with Gasteiger partial charge in [0.25, 0.3) is 0 Å². The number of nitro benzene ring substituents is 1. The van der Waals surface area contributed by atoms with Gasteiger partial charge >= 0.3 is 11.7 Å². The number of nitrogens with zero attached hydrogens (tertiary/aromatic N) is 1. The molecule has 0 radical (unpaired) electrons. The van der Waals surface area contributed by atoms with Gasteiger partial charge in [0.15, 0.2) is 0 Å². The van der Waals surface area contributed by atoms with Crippen molar-refractivity contribution < 1.29 is 18.8 Å². The first-order valence-electron chi connectivity index (χ1n) is 5.66. The van der Waals surface area contributed by atoms with Gasteiger partial charge in [0, 0.05) is 0 Å². The molecule has 2 rings (SSSR count). The summed E-state index contributed by atoms with van der Waals surface area (Å²) >= 11 is 0. The molecule has 0 amide bonds. The third-order valence-electron chi connectivity index (χ3n) is 2.76. The highest BCUT2D eigenvalue weighted by Gasteiger charge is 2.27. The summed E-state index contributed by atoms with van der Waals surface area (Å²) < 4.78 is 18.4. The molecular weight excluding hydrogens is 265 g/mol. The lowest BCUT2D eigenvalue weighted by atomic mass is 10.0.